The van der Waals surface area contributed by atoms with Gasteiger partial charge < -0.3 is 9.73 Å². The van der Waals surface area contributed by atoms with Crippen molar-refractivity contribution in [1.82, 2.24) is 15.3 Å². The van der Waals surface area contributed by atoms with Gasteiger partial charge in [-0.2, -0.15) is 0 Å². The van der Waals surface area contributed by atoms with Crippen LogP contribution in [0.2, 0.25) is 0 Å². The van der Waals surface area contributed by atoms with Gasteiger partial charge in [0.1, 0.15) is 11.3 Å². The number of nitrogens with zero attached hydrogens (tertiary/aromatic N) is 2. The number of aromatic nitrogens is 2. The van der Waals surface area contributed by atoms with Crippen molar-refractivity contribution in [3.05, 3.63) is 48.4 Å². The summed E-state index contributed by atoms with van der Waals surface area (Å²) < 4.78 is 5.33. The van der Waals surface area contributed by atoms with E-state index in [0.717, 1.165) is 17.1 Å². The van der Waals surface area contributed by atoms with Crippen LogP contribution in [0.1, 0.15) is 18.4 Å². The molecule has 0 unspecified atom stereocenters. The van der Waals surface area contributed by atoms with E-state index in [4.69, 9.17) is 9.40 Å². The minimum Gasteiger partial charge on any atom is -0.440 e. The zero-order chi connectivity index (χ0) is 14.1. The fraction of sp³-hybridized carbons (Fsp3) is 0.250. The fourth-order valence-corrected chi connectivity index (χ4v) is 3.03. The highest BCUT2D eigenvalue weighted by molar-refractivity contribution is 7.99. The summed E-state index contributed by atoms with van der Waals surface area (Å²) in [5.74, 6) is 0. The van der Waals surface area contributed by atoms with Crippen LogP contribution in [0.5, 0.6) is 0 Å². The van der Waals surface area contributed by atoms with Gasteiger partial charge in [-0.3, -0.25) is 0 Å². The monoisotopic (exact) mass is 297 g/mol. The molecule has 0 radical (unpaired) electrons. The van der Waals surface area contributed by atoms with Crippen LogP contribution in [-0.4, -0.2) is 16.0 Å². The maximum absolute atomic E-state index is 5.33. The Morgan fingerprint density at radius 2 is 2.19 bits per heavy atom. The van der Waals surface area contributed by atoms with E-state index in [0.29, 0.717) is 11.3 Å². The molecule has 4 nitrogen and oxygen atoms in total. The Morgan fingerprint density at radius 1 is 1.29 bits per heavy atom. The second-order valence-corrected chi connectivity index (χ2v) is 6.14. The standard InChI is InChI=1S/C16H15N3OS/c1-2-4-14-11(3-1)9-12(10-18-13-5-6-13)15(19-14)21-16-17-7-8-20-16/h1-4,7-9,13,18H,5-6,10H2. The number of fused-ring (bicyclic) bond motifs is 1. The molecule has 1 N–H and O–H groups in total. The van der Waals surface area contributed by atoms with E-state index in [-0.39, 0.29) is 0 Å². The van der Waals surface area contributed by atoms with Gasteiger partial charge in [0.05, 0.1) is 11.7 Å². The zero-order valence-corrected chi connectivity index (χ0v) is 12.3. The summed E-state index contributed by atoms with van der Waals surface area (Å²) in [7, 11) is 0. The van der Waals surface area contributed by atoms with E-state index in [1.165, 1.54) is 35.6 Å². The summed E-state index contributed by atoms with van der Waals surface area (Å²) in [5.41, 5.74) is 2.20. The number of benzene rings is 1. The van der Waals surface area contributed by atoms with Crippen LogP contribution in [0.3, 0.4) is 0 Å². The van der Waals surface area contributed by atoms with Gasteiger partial charge in [-0.1, -0.05) is 18.2 Å². The van der Waals surface area contributed by atoms with E-state index in [9.17, 15) is 0 Å². The van der Waals surface area contributed by atoms with Crippen molar-refractivity contribution in [3.63, 3.8) is 0 Å². The summed E-state index contributed by atoms with van der Waals surface area (Å²) in [6, 6.07) is 11.1. The number of hydrogen-bond donors (Lipinski definition) is 1. The molecule has 0 amide bonds. The van der Waals surface area contributed by atoms with E-state index >= 15 is 0 Å². The molecular weight excluding hydrogens is 282 g/mol. The van der Waals surface area contributed by atoms with Crippen molar-refractivity contribution in [2.45, 2.75) is 35.7 Å². The van der Waals surface area contributed by atoms with Gasteiger partial charge in [0, 0.05) is 18.0 Å². The lowest BCUT2D eigenvalue weighted by molar-refractivity contribution is 0.454. The van der Waals surface area contributed by atoms with Crippen molar-refractivity contribution < 1.29 is 4.42 Å². The van der Waals surface area contributed by atoms with Gasteiger partial charge in [-0.05, 0) is 42.3 Å². The third kappa shape index (κ3) is 2.94. The molecule has 4 rings (SSSR count). The van der Waals surface area contributed by atoms with Gasteiger partial charge in [0.25, 0.3) is 5.22 Å². The van der Waals surface area contributed by atoms with Gasteiger partial charge in [-0.25, -0.2) is 9.97 Å². The molecule has 21 heavy (non-hydrogen) atoms. The Morgan fingerprint density at radius 3 is 3.00 bits per heavy atom. The summed E-state index contributed by atoms with van der Waals surface area (Å²) in [4.78, 5) is 8.95. The molecular formula is C16H15N3OS. The molecule has 0 atom stereocenters. The van der Waals surface area contributed by atoms with Gasteiger partial charge in [0.2, 0.25) is 0 Å². The Bertz CT molecular complexity index is 753. The second kappa shape index (κ2) is 5.50. The highest BCUT2D eigenvalue weighted by atomic mass is 32.2. The lowest BCUT2D eigenvalue weighted by atomic mass is 10.1. The van der Waals surface area contributed by atoms with Crippen LogP contribution in [0.25, 0.3) is 10.9 Å². The maximum atomic E-state index is 5.33. The molecule has 0 saturated heterocycles. The number of hydrogen-bond acceptors (Lipinski definition) is 5. The quantitative estimate of drug-likeness (QED) is 0.779. The molecule has 1 aliphatic carbocycles. The average Bonchev–Trinajstić information content (AvgIpc) is 3.20. The molecule has 106 valence electrons. The summed E-state index contributed by atoms with van der Waals surface area (Å²) >= 11 is 1.48. The molecule has 0 aliphatic heterocycles. The largest absolute Gasteiger partial charge is 0.440 e. The van der Waals surface area contributed by atoms with E-state index in [1.807, 2.05) is 18.2 Å². The van der Waals surface area contributed by atoms with Crippen molar-refractivity contribution >= 4 is 22.7 Å². The fourth-order valence-electron chi connectivity index (χ4n) is 2.24. The van der Waals surface area contributed by atoms with Crippen molar-refractivity contribution in [2.75, 3.05) is 0 Å². The number of para-hydroxylation sites is 1. The first kappa shape index (κ1) is 12.9. The van der Waals surface area contributed by atoms with E-state index in [1.54, 1.807) is 12.5 Å². The predicted octanol–water partition coefficient (Wildman–Crippen LogP) is 3.63. The molecule has 0 bridgehead atoms. The minimum atomic E-state index is 0.630. The topological polar surface area (TPSA) is 51.0 Å². The third-order valence-corrected chi connectivity index (χ3v) is 4.44. The Kier molecular flexibility index (Phi) is 3.37. The Labute approximate surface area is 127 Å². The average molecular weight is 297 g/mol. The molecule has 1 fully saturated rings. The predicted molar refractivity (Wildman–Crippen MR) is 82.2 cm³/mol. The Balaban J connectivity index is 1.70. The lowest BCUT2D eigenvalue weighted by Crippen LogP contribution is -2.16. The van der Waals surface area contributed by atoms with E-state index < -0.39 is 0 Å². The molecule has 1 aromatic carbocycles. The van der Waals surface area contributed by atoms with Crippen molar-refractivity contribution in [3.8, 4) is 0 Å². The Hall–Kier alpha value is -1.85. The second-order valence-electron chi connectivity index (χ2n) is 5.20. The molecule has 3 aromatic rings. The van der Waals surface area contributed by atoms with Gasteiger partial charge >= 0.3 is 0 Å². The number of rotatable bonds is 5. The third-order valence-electron chi connectivity index (χ3n) is 3.52. The lowest BCUT2D eigenvalue weighted by Gasteiger charge is -2.09. The van der Waals surface area contributed by atoms with Crippen LogP contribution >= 0.6 is 11.8 Å². The van der Waals surface area contributed by atoms with Crippen LogP contribution in [0.15, 0.2) is 57.5 Å². The molecule has 5 heteroatoms. The van der Waals surface area contributed by atoms with Gasteiger partial charge in [0.15, 0.2) is 0 Å². The molecule has 1 aliphatic rings. The number of pyridine rings is 1. The van der Waals surface area contributed by atoms with Crippen LogP contribution in [-0.2, 0) is 6.54 Å². The first-order valence-corrected chi connectivity index (χ1v) is 7.89. The van der Waals surface area contributed by atoms with Crippen LogP contribution < -0.4 is 5.32 Å². The highest BCUT2D eigenvalue weighted by Gasteiger charge is 2.21. The minimum absolute atomic E-state index is 0.630. The normalized spacial score (nSPS) is 14.7. The molecule has 0 spiro atoms. The highest BCUT2D eigenvalue weighted by Crippen LogP contribution is 2.30. The van der Waals surface area contributed by atoms with E-state index in [2.05, 4.69) is 22.4 Å². The summed E-state index contributed by atoms with van der Waals surface area (Å²) in [6.07, 6.45) is 5.81. The van der Waals surface area contributed by atoms with Crippen LogP contribution in [0.4, 0.5) is 0 Å². The molecule has 2 heterocycles. The maximum Gasteiger partial charge on any atom is 0.261 e. The van der Waals surface area contributed by atoms with Crippen molar-refractivity contribution in [1.29, 1.82) is 0 Å². The summed E-state index contributed by atoms with van der Waals surface area (Å²) in [5, 5.41) is 6.31. The zero-order valence-electron chi connectivity index (χ0n) is 11.5. The number of oxazole rings is 1. The first-order chi connectivity index (χ1) is 10.4. The molecule has 2 aromatic heterocycles. The van der Waals surface area contributed by atoms with Crippen molar-refractivity contribution in [2.24, 2.45) is 0 Å². The summed E-state index contributed by atoms with van der Waals surface area (Å²) in [6.45, 7) is 0.839. The van der Waals surface area contributed by atoms with Crippen LogP contribution in [0, 0.1) is 0 Å². The molecule has 1 saturated carbocycles. The SMILES string of the molecule is c1ccc2nc(Sc3ncco3)c(CNC3CC3)cc2c1. The smallest absolute Gasteiger partial charge is 0.261 e. The number of nitrogens with one attached hydrogen (secondary N) is 1. The van der Waals surface area contributed by atoms with Gasteiger partial charge in [-0.15, -0.1) is 0 Å². The first-order valence-electron chi connectivity index (χ1n) is 7.08.